The number of nitrogens with zero attached hydrogens (tertiary/aromatic N) is 1. The number of morpholine rings is 1. The highest BCUT2D eigenvalue weighted by molar-refractivity contribution is 5.79. The molecule has 0 saturated carbocycles. The summed E-state index contributed by atoms with van der Waals surface area (Å²) in [5.41, 5.74) is 2.33. The predicted octanol–water partition coefficient (Wildman–Crippen LogP) is 1.63. The Balaban J connectivity index is 1.93. The minimum Gasteiger partial charge on any atom is -0.479 e. The van der Waals surface area contributed by atoms with E-state index in [1.54, 1.807) is 11.8 Å². The number of carbonyl (C=O) groups excluding carboxylic acids is 1. The first kappa shape index (κ1) is 15.5. The summed E-state index contributed by atoms with van der Waals surface area (Å²) in [5, 5.41) is 9.04. The van der Waals surface area contributed by atoms with Crippen LogP contribution in [-0.2, 0) is 20.7 Å². The summed E-state index contributed by atoms with van der Waals surface area (Å²) < 4.78 is 5.32. The molecule has 1 N–H and O–H groups in total. The number of ether oxygens (including phenoxy) is 1. The standard InChI is InChI=1S/C16H21NO4/c1-11-5-3-4-6-13(11)7-8-15(18)17-9-12(2)21-14(10-17)16(19)20/h3-6,12,14H,7-10H2,1-2H3,(H,19,20)/t12-,14?/m1/s1. The number of amides is 1. The zero-order chi connectivity index (χ0) is 15.4. The Kier molecular flexibility index (Phi) is 4.96. The van der Waals surface area contributed by atoms with Crippen LogP contribution in [0.25, 0.3) is 0 Å². The summed E-state index contributed by atoms with van der Waals surface area (Å²) in [4.78, 5) is 24.9. The van der Waals surface area contributed by atoms with Crippen molar-refractivity contribution in [2.24, 2.45) is 0 Å². The maximum Gasteiger partial charge on any atom is 0.334 e. The Bertz CT molecular complexity index is 529. The molecule has 1 aliphatic rings. The van der Waals surface area contributed by atoms with Crippen LogP contribution in [0.15, 0.2) is 24.3 Å². The molecular weight excluding hydrogens is 270 g/mol. The summed E-state index contributed by atoms with van der Waals surface area (Å²) in [6, 6.07) is 7.98. The lowest BCUT2D eigenvalue weighted by molar-refractivity contribution is -0.166. The van der Waals surface area contributed by atoms with Crippen LogP contribution < -0.4 is 0 Å². The highest BCUT2D eigenvalue weighted by atomic mass is 16.5. The molecule has 0 aliphatic carbocycles. The molecule has 1 fully saturated rings. The van der Waals surface area contributed by atoms with Crippen molar-refractivity contribution in [3.8, 4) is 0 Å². The first-order valence-electron chi connectivity index (χ1n) is 7.18. The van der Waals surface area contributed by atoms with Crippen molar-refractivity contribution in [1.82, 2.24) is 4.90 Å². The minimum absolute atomic E-state index is 0.0142. The molecule has 0 bridgehead atoms. The first-order chi connectivity index (χ1) is 9.97. The molecule has 1 aliphatic heterocycles. The zero-order valence-electron chi connectivity index (χ0n) is 12.4. The van der Waals surface area contributed by atoms with Gasteiger partial charge in [-0.25, -0.2) is 4.79 Å². The molecule has 1 aromatic carbocycles. The fourth-order valence-electron chi connectivity index (χ4n) is 2.58. The zero-order valence-corrected chi connectivity index (χ0v) is 12.4. The van der Waals surface area contributed by atoms with E-state index in [1.807, 2.05) is 31.2 Å². The Hall–Kier alpha value is -1.88. The molecule has 114 valence electrons. The smallest absolute Gasteiger partial charge is 0.334 e. The lowest BCUT2D eigenvalue weighted by atomic mass is 10.0. The van der Waals surface area contributed by atoms with Crippen LogP contribution >= 0.6 is 0 Å². The van der Waals surface area contributed by atoms with Gasteiger partial charge in [-0.3, -0.25) is 4.79 Å². The highest BCUT2D eigenvalue weighted by Gasteiger charge is 2.32. The molecule has 5 heteroatoms. The van der Waals surface area contributed by atoms with Crippen LogP contribution in [-0.4, -0.2) is 47.2 Å². The lowest BCUT2D eigenvalue weighted by Gasteiger charge is -2.35. The van der Waals surface area contributed by atoms with Gasteiger partial charge >= 0.3 is 5.97 Å². The lowest BCUT2D eigenvalue weighted by Crippen LogP contribution is -2.51. The van der Waals surface area contributed by atoms with Crippen LogP contribution in [0.1, 0.15) is 24.5 Å². The second kappa shape index (κ2) is 6.72. The maximum atomic E-state index is 12.3. The third-order valence-corrected chi connectivity index (χ3v) is 3.76. The van der Waals surface area contributed by atoms with Gasteiger partial charge in [0, 0.05) is 13.0 Å². The van der Waals surface area contributed by atoms with E-state index in [1.165, 1.54) is 5.56 Å². The van der Waals surface area contributed by atoms with Crippen molar-refractivity contribution >= 4 is 11.9 Å². The number of carbonyl (C=O) groups is 2. The first-order valence-corrected chi connectivity index (χ1v) is 7.18. The summed E-state index contributed by atoms with van der Waals surface area (Å²) in [7, 11) is 0. The molecule has 1 amide bonds. The van der Waals surface area contributed by atoms with E-state index in [0.717, 1.165) is 5.56 Å². The summed E-state index contributed by atoms with van der Waals surface area (Å²) in [5.74, 6) is -1.03. The van der Waals surface area contributed by atoms with Crippen molar-refractivity contribution in [2.45, 2.75) is 38.9 Å². The number of hydrogen-bond acceptors (Lipinski definition) is 3. The van der Waals surface area contributed by atoms with Gasteiger partial charge in [-0.15, -0.1) is 0 Å². The monoisotopic (exact) mass is 291 g/mol. The predicted molar refractivity (Wildman–Crippen MR) is 78.1 cm³/mol. The molecule has 21 heavy (non-hydrogen) atoms. The van der Waals surface area contributed by atoms with Crippen LogP contribution in [0.2, 0.25) is 0 Å². The molecule has 2 atom stereocenters. The van der Waals surface area contributed by atoms with E-state index in [9.17, 15) is 9.59 Å². The Labute approximate surface area is 124 Å². The fraction of sp³-hybridized carbons (Fsp3) is 0.500. The van der Waals surface area contributed by atoms with E-state index in [4.69, 9.17) is 9.84 Å². The Morgan fingerprint density at radius 3 is 2.71 bits per heavy atom. The normalized spacial score (nSPS) is 22.1. The molecule has 1 saturated heterocycles. The number of rotatable bonds is 4. The Morgan fingerprint density at radius 2 is 2.05 bits per heavy atom. The third kappa shape index (κ3) is 4.04. The van der Waals surface area contributed by atoms with Gasteiger partial charge in [-0.2, -0.15) is 0 Å². The van der Waals surface area contributed by atoms with E-state index < -0.39 is 12.1 Å². The number of benzene rings is 1. The highest BCUT2D eigenvalue weighted by Crippen LogP contribution is 2.15. The van der Waals surface area contributed by atoms with Gasteiger partial charge in [0.1, 0.15) is 0 Å². The topological polar surface area (TPSA) is 66.8 Å². The summed E-state index contributed by atoms with van der Waals surface area (Å²) >= 11 is 0. The molecule has 1 heterocycles. The van der Waals surface area contributed by atoms with Gasteiger partial charge in [0.2, 0.25) is 5.91 Å². The van der Waals surface area contributed by atoms with Crippen molar-refractivity contribution in [3.63, 3.8) is 0 Å². The molecule has 1 unspecified atom stereocenters. The van der Waals surface area contributed by atoms with Crippen molar-refractivity contribution in [1.29, 1.82) is 0 Å². The van der Waals surface area contributed by atoms with Gasteiger partial charge < -0.3 is 14.7 Å². The molecule has 0 radical (unpaired) electrons. The van der Waals surface area contributed by atoms with Gasteiger partial charge in [0.15, 0.2) is 6.10 Å². The second-order valence-corrected chi connectivity index (χ2v) is 5.50. The molecular formula is C16H21NO4. The van der Waals surface area contributed by atoms with Crippen molar-refractivity contribution in [3.05, 3.63) is 35.4 Å². The van der Waals surface area contributed by atoms with E-state index >= 15 is 0 Å². The molecule has 2 rings (SSSR count). The largest absolute Gasteiger partial charge is 0.479 e. The summed E-state index contributed by atoms with van der Waals surface area (Å²) in [6.45, 7) is 4.40. The molecule has 0 spiro atoms. The number of hydrogen-bond donors (Lipinski definition) is 1. The van der Waals surface area contributed by atoms with Crippen molar-refractivity contribution < 1.29 is 19.4 Å². The second-order valence-electron chi connectivity index (χ2n) is 5.50. The van der Waals surface area contributed by atoms with Gasteiger partial charge in [0.25, 0.3) is 0 Å². The van der Waals surface area contributed by atoms with Crippen LogP contribution in [0.3, 0.4) is 0 Å². The van der Waals surface area contributed by atoms with E-state index in [2.05, 4.69) is 0 Å². The van der Waals surface area contributed by atoms with Crippen LogP contribution in [0.5, 0.6) is 0 Å². The average molecular weight is 291 g/mol. The SMILES string of the molecule is Cc1ccccc1CCC(=O)N1CC(C(=O)O)O[C@H](C)C1. The number of carboxylic acid groups (broad SMARTS) is 1. The van der Waals surface area contributed by atoms with Gasteiger partial charge in [-0.1, -0.05) is 24.3 Å². The van der Waals surface area contributed by atoms with E-state index in [0.29, 0.717) is 19.4 Å². The van der Waals surface area contributed by atoms with Gasteiger partial charge in [0.05, 0.1) is 12.6 Å². The fourth-order valence-corrected chi connectivity index (χ4v) is 2.58. The quantitative estimate of drug-likeness (QED) is 0.915. The number of aryl methyl sites for hydroxylation is 2. The van der Waals surface area contributed by atoms with E-state index in [-0.39, 0.29) is 18.6 Å². The van der Waals surface area contributed by atoms with Crippen LogP contribution in [0, 0.1) is 6.92 Å². The number of aliphatic carboxylic acids is 1. The molecule has 0 aromatic heterocycles. The third-order valence-electron chi connectivity index (χ3n) is 3.76. The summed E-state index contributed by atoms with van der Waals surface area (Å²) in [6.07, 6.45) is -0.0998. The van der Waals surface area contributed by atoms with Gasteiger partial charge in [-0.05, 0) is 31.4 Å². The average Bonchev–Trinajstić information content (AvgIpc) is 2.45. The minimum atomic E-state index is -1.02. The molecule has 5 nitrogen and oxygen atoms in total. The van der Waals surface area contributed by atoms with Crippen molar-refractivity contribution in [2.75, 3.05) is 13.1 Å². The number of carboxylic acids is 1. The van der Waals surface area contributed by atoms with Crippen LogP contribution in [0.4, 0.5) is 0 Å². The molecule has 1 aromatic rings. The maximum absolute atomic E-state index is 12.3. The Morgan fingerprint density at radius 1 is 1.33 bits per heavy atom.